The second kappa shape index (κ2) is 8.92. The summed E-state index contributed by atoms with van der Waals surface area (Å²) in [5, 5.41) is 2.40. The van der Waals surface area contributed by atoms with E-state index >= 15 is 0 Å². The summed E-state index contributed by atoms with van der Waals surface area (Å²) in [5.74, 6) is 0. The van der Waals surface area contributed by atoms with Crippen LogP contribution in [0.3, 0.4) is 0 Å². The van der Waals surface area contributed by atoms with Crippen LogP contribution in [-0.2, 0) is 4.57 Å². The van der Waals surface area contributed by atoms with E-state index in [0.717, 1.165) is 21.7 Å². The highest BCUT2D eigenvalue weighted by atomic mass is 35.5. The summed E-state index contributed by atoms with van der Waals surface area (Å²) in [4.78, 5) is 0. The maximum atomic E-state index is 14.9. The second-order valence-corrected chi connectivity index (χ2v) is 11.0. The largest absolute Gasteiger partial charge is 0.296 e. The van der Waals surface area contributed by atoms with E-state index in [2.05, 4.69) is 29.0 Å². The summed E-state index contributed by atoms with van der Waals surface area (Å²) < 4.78 is 17.1. The molecule has 0 bridgehead atoms. The maximum Gasteiger partial charge on any atom is 0.208 e. The lowest BCUT2D eigenvalue weighted by atomic mass is 10.1. The van der Waals surface area contributed by atoms with Gasteiger partial charge in [-0.25, -0.2) is 4.67 Å². The predicted molar refractivity (Wildman–Crippen MR) is 135 cm³/mol. The van der Waals surface area contributed by atoms with Crippen LogP contribution < -0.4 is 10.6 Å². The number of rotatable bonds is 6. The van der Waals surface area contributed by atoms with Gasteiger partial charge < -0.3 is 0 Å². The third kappa shape index (κ3) is 3.98. The fourth-order valence-electron chi connectivity index (χ4n) is 4.25. The van der Waals surface area contributed by atoms with Crippen molar-refractivity contribution in [1.29, 1.82) is 0 Å². The number of halogens is 1. The number of nitrogens with zero attached hydrogens (tertiary/aromatic N) is 1. The van der Waals surface area contributed by atoms with E-state index in [1.54, 1.807) is 0 Å². The predicted octanol–water partition coefficient (Wildman–Crippen LogP) is 6.71. The highest BCUT2D eigenvalue weighted by molar-refractivity contribution is 7.76. The molecule has 1 aliphatic heterocycles. The van der Waals surface area contributed by atoms with Gasteiger partial charge in [0.2, 0.25) is 7.29 Å². The molecule has 4 aromatic rings. The standard InChI is InChI=1S/C28H23ClNOP/c29-24-19-17-23(18-20-24)28-27(21-16-22-10-4-1-5-11-22)30(28)32(31,25-12-6-2-7-13-25)26-14-8-3-9-15-26/h1-21,27-28H/b21-16+/t27-,28-,30?/m1/s1. The maximum absolute atomic E-state index is 14.9. The van der Waals surface area contributed by atoms with Crippen LogP contribution in [0.5, 0.6) is 0 Å². The molecule has 0 amide bonds. The molecule has 0 aromatic heterocycles. The lowest BCUT2D eigenvalue weighted by Crippen LogP contribution is -2.22. The Morgan fingerprint density at radius 1 is 0.688 bits per heavy atom. The Hall–Kier alpha value is -2.90. The van der Waals surface area contributed by atoms with Gasteiger partial charge in [0, 0.05) is 15.6 Å². The molecule has 1 saturated heterocycles. The minimum absolute atomic E-state index is 0.0125. The summed E-state index contributed by atoms with van der Waals surface area (Å²) in [5.41, 5.74) is 2.24. The quantitative estimate of drug-likeness (QED) is 0.238. The van der Waals surface area contributed by atoms with E-state index in [0.29, 0.717) is 5.02 Å². The Morgan fingerprint density at radius 3 is 1.72 bits per heavy atom. The van der Waals surface area contributed by atoms with Gasteiger partial charge in [0.1, 0.15) is 0 Å². The van der Waals surface area contributed by atoms with Gasteiger partial charge >= 0.3 is 0 Å². The van der Waals surface area contributed by atoms with E-state index in [-0.39, 0.29) is 12.1 Å². The van der Waals surface area contributed by atoms with Crippen LogP contribution in [0.15, 0.2) is 121 Å². The van der Waals surface area contributed by atoms with Crippen molar-refractivity contribution in [2.45, 2.75) is 12.1 Å². The van der Waals surface area contributed by atoms with Gasteiger partial charge in [-0.2, -0.15) is 0 Å². The van der Waals surface area contributed by atoms with Crippen LogP contribution in [0.1, 0.15) is 17.2 Å². The summed E-state index contributed by atoms with van der Waals surface area (Å²) in [6, 6.07) is 37.8. The fraction of sp³-hybridized carbons (Fsp3) is 0.0714. The normalized spacial score (nSPS) is 20.3. The fourth-order valence-corrected chi connectivity index (χ4v) is 7.50. The number of hydrogen-bond acceptors (Lipinski definition) is 1. The molecule has 0 spiro atoms. The first kappa shape index (κ1) is 21.0. The minimum atomic E-state index is -3.05. The molecule has 1 unspecified atom stereocenters. The molecule has 1 aliphatic rings. The van der Waals surface area contributed by atoms with E-state index in [9.17, 15) is 4.57 Å². The average molecular weight is 456 g/mol. The van der Waals surface area contributed by atoms with Crippen molar-refractivity contribution >= 4 is 35.6 Å². The summed E-state index contributed by atoms with van der Waals surface area (Å²) >= 11 is 6.15. The molecule has 2 nitrogen and oxygen atoms in total. The van der Waals surface area contributed by atoms with Crippen LogP contribution in [0, 0.1) is 0 Å². The van der Waals surface area contributed by atoms with Crippen molar-refractivity contribution in [3.05, 3.63) is 137 Å². The lowest BCUT2D eigenvalue weighted by molar-refractivity contribution is 0.557. The zero-order valence-electron chi connectivity index (χ0n) is 17.5. The Bertz CT molecular complexity index is 1210. The Kier molecular flexibility index (Phi) is 5.85. The molecule has 0 aliphatic carbocycles. The van der Waals surface area contributed by atoms with Gasteiger partial charge in [-0.1, -0.05) is 103 Å². The molecule has 1 heterocycles. The molecule has 32 heavy (non-hydrogen) atoms. The lowest BCUT2D eigenvalue weighted by Gasteiger charge is -2.22. The Balaban J connectivity index is 1.61. The molecule has 1 fully saturated rings. The van der Waals surface area contributed by atoms with Crippen molar-refractivity contribution < 1.29 is 4.57 Å². The van der Waals surface area contributed by atoms with Crippen LogP contribution >= 0.6 is 18.9 Å². The van der Waals surface area contributed by atoms with Crippen LogP contribution in [0.4, 0.5) is 0 Å². The first-order chi connectivity index (χ1) is 15.7. The van der Waals surface area contributed by atoms with E-state index in [1.807, 2.05) is 103 Å². The first-order valence-electron chi connectivity index (χ1n) is 10.7. The van der Waals surface area contributed by atoms with Crippen LogP contribution in [-0.4, -0.2) is 10.7 Å². The van der Waals surface area contributed by atoms with Crippen molar-refractivity contribution in [1.82, 2.24) is 4.67 Å². The summed E-state index contributed by atoms with van der Waals surface area (Å²) in [6.45, 7) is 0. The third-order valence-corrected chi connectivity index (χ3v) is 9.27. The SMILES string of the molecule is O=P(c1ccccc1)(c1ccccc1)N1[C@H](/C=C/c2ccccc2)[C@H]1c1ccc(Cl)cc1. The second-order valence-electron chi connectivity index (χ2n) is 7.88. The highest BCUT2D eigenvalue weighted by Crippen LogP contribution is 2.64. The van der Waals surface area contributed by atoms with Gasteiger partial charge in [0.25, 0.3) is 0 Å². The monoisotopic (exact) mass is 455 g/mol. The molecule has 0 saturated carbocycles. The smallest absolute Gasteiger partial charge is 0.208 e. The van der Waals surface area contributed by atoms with E-state index < -0.39 is 7.29 Å². The Labute approximate surface area is 194 Å². The van der Waals surface area contributed by atoms with Gasteiger partial charge in [-0.3, -0.25) is 4.57 Å². The molecule has 158 valence electrons. The summed E-state index contributed by atoms with van der Waals surface area (Å²) in [6.07, 6.45) is 4.29. The molecule has 4 heteroatoms. The molecule has 0 N–H and O–H groups in total. The van der Waals surface area contributed by atoms with Gasteiger partial charge in [0.05, 0.1) is 12.1 Å². The van der Waals surface area contributed by atoms with Crippen molar-refractivity contribution in [2.75, 3.05) is 0 Å². The Morgan fingerprint density at radius 2 is 1.19 bits per heavy atom. The van der Waals surface area contributed by atoms with Gasteiger partial charge in [-0.05, 0) is 47.5 Å². The zero-order valence-corrected chi connectivity index (χ0v) is 19.1. The van der Waals surface area contributed by atoms with Crippen LogP contribution in [0.2, 0.25) is 5.02 Å². The number of benzene rings is 4. The molecular weight excluding hydrogens is 433 g/mol. The van der Waals surface area contributed by atoms with Crippen LogP contribution in [0.25, 0.3) is 6.08 Å². The topological polar surface area (TPSA) is 20.1 Å². The zero-order chi connectivity index (χ0) is 22.0. The van der Waals surface area contributed by atoms with E-state index in [4.69, 9.17) is 11.6 Å². The molecule has 3 atom stereocenters. The highest BCUT2D eigenvalue weighted by Gasteiger charge is 2.57. The van der Waals surface area contributed by atoms with Crippen molar-refractivity contribution in [2.24, 2.45) is 0 Å². The average Bonchev–Trinajstić information content (AvgIpc) is 3.59. The van der Waals surface area contributed by atoms with Gasteiger partial charge in [-0.15, -0.1) is 0 Å². The van der Waals surface area contributed by atoms with Gasteiger partial charge in [0.15, 0.2) is 0 Å². The molecule has 4 aromatic carbocycles. The third-order valence-electron chi connectivity index (χ3n) is 5.86. The number of hydrogen-bond donors (Lipinski definition) is 0. The molecule has 0 radical (unpaired) electrons. The van der Waals surface area contributed by atoms with E-state index in [1.165, 1.54) is 0 Å². The van der Waals surface area contributed by atoms with Crippen molar-refractivity contribution in [3.63, 3.8) is 0 Å². The first-order valence-corrected chi connectivity index (χ1v) is 12.7. The summed E-state index contributed by atoms with van der Waals surface area (Å²) in [7, 11) is -3.05. The minimum Gasteiger partial charge on any atom is -0.296 e. The molecular formula is C28H23ClNOP. The molecule has 5 rings (SSSR count). The van der Waals surface area contributed by atoms with Crippen molar-refractivity contribution in [3.8, 4) is 0 Å².